The smallest absolute Gasteiger partial charge is 0.232 e. The van der Waals surface area contributed by atoms with Crippen molar-refractivity contribution >= 4 is 11.3 Å². The normalized spacial score (nSPS) is 16.4. The fourth-order valence-corrected chi connectivity index (χ4v) is 3.48. The molecule has 1 aliphatic rings. The van der Waals surface area contributed by atoms with Gasteiger partial charge < -0.3 is 4.52 Å². The van der Waals surface area contributed by atoms with E-state index in [4.69, 9.17) is 4.52 Å². The Kier molecular flexibility index (Phi) is 3.26. The lowest BCUT2D eigenvalue weighted by atomic mass is 9.70. The molecule has 1 fully saturated rings. The molecule has 1 aliphatic carbocycles. The van der Waals surface area contributed by atoms with E-state index in [1.807, 2.05) is 23.7 Å². The second-order valence-electron chi connectivity index (χ2n) is 5.99. The molecular weight excluding hydrogens is 296 g/mol. The van der Waals surface area contributed by atoms with Crippen LogP contribution in [0.4, 0.5) is 0 Å². The Bertz CT molecular complexity index is 776. The summed E-state index contributed by atoms with van der Waals surface area (Å²) in [6.07, 6.45) is 7.71. The van der Waals surface area contributed by atoms with Crippen LogP contribution in [0.15, 0.2) is 34.4 Å². The molecule has 112 valence electrons. The third-order valence-electron chi connectivity index (χ3n) is 4.26. The summed E-state index contributed by atoms with van der Waals surface area (Å²) in [5, 5.41) is 7.16. The van der Waals surface area contributed by atoms with E-state index in [0.29, 0.717) is 12.3 Å². The molecule has 4 rings (SSSR count). The summed E-state index contributed by atoms with van der Waals surface area (Å²) in [6.45, 7) is 2.20. The van der Waals surface area contributed by atoms with Crippen LogP contribution in [0.1, 0.15) is 43.6 Å². The van der Waals surface area contributed by atoms with Crippen LogP contribution >= 0.6 is 11.3 Å². The van der Waals surface area contributed by atoms with Crippen LogP contribution in [-0.2, 0) is 11.8 Å². The standard InChI is InChI=1S/C16H16N4OS/c1-16(5-3-6-16)15-19-13(21-20-15)8-12-10-22-14(18-12)11-4-2-7-17-9-11/h2,4,7,9-10H,3,5-6,8H2,1H3. The van der Waals surface area contributed by atoms with Gasteiger partial charge in [-0.05, 0) is 25.0 Å². The Morgan fingerprint density at radius 2 is 2.23 bits per heavy atom. The van der Waals surface area contributed by atoms with E-state index in [2.05, 4.69) is 27.0 Å². The first-order chi connectivity index (χ1) is 10.7. The average Bonchev–Trinajstić information content (AvgIpc) is 3.16. The highest BCUT2D eigenvalue weighted by molar-refractivity contribution is 7.13. The molecule has 6 heteroatoms. The molecular formula is C16H16N4OS. The molecule has 3 heterocycles. The number of pyridine rings is 1. The van der Waals surface area contributed by atoms with Crippen LogP contribution in [0.2, 0.25) is 0 Å². The molecule has 0 N–H and O–H groups in total. The van der Waals surface area contributed by atoms with Crippen molar-refractivity contribution < 1.29 is 4.52 Å². The number of thiazole rings is 1. The Morgan fingerprint density at radius 1 is 1.32 bits per heavy atom. The van der Waals surface area contributed by atoms with Gasteiger partial charge in [0.15, 0.2) is 5.82 Å². The predicted octanol–water partition coefficient (Wildman–Crippen LogP) is 3.62. The monoisotopic (exact) mass is 312 g/mol. The molecule has 22 heavy (non-hydrogen) atoms. The SMILES string of the molecule is CC1(c2noc(Cc3csc(-c4cccnc4)n3)n2)CCC1. The van der Waals surface area contributed by atoms with Gasteiger partial charge in [-0.15, -0.1) is 11.3 Å². The molecule has 0 unspecified atom stereocenters. The van der Waals surface area contributed by atoms with Gasteiger partial charge in [0.2, 0.25) is 5.89 Å². The van der Waals surface area contributed by atoms with Crippen molar-refractivity contribution in [2.24, 2.45) is 0 Å². The van der Waals surface area contributed by atoms with Gasteiger partial charge in [-0.1, -0.05) is 18.5 Å². The van der Waals surface area contributed by atoms with Gasteiger partial charge in [0.1, 0.15) is 5.01 Å². The Labute approximate surface area is 132 Å². The van der Waals surface area contributed by atoms with Gasteiger partial charge >= 0.3 is 0 Å². The maximum Gasteiger partial charge on any atom is 0.232 e. The quantitative estimate of drug-likeness (QED) is 0.736. The fourth-order valence-electron chi connectivity index (χ4n) is 2.67. The number of rotatable bonds is 4. The Morgan fingerprint density at radius 3 is 2.95 bits per heavy atom. The van der Waals surface area contributed by atoms with Crippen molar-refractivity contribution in [3.63, 3.8) is 0 Å². The van der Waals surface area contributed by atoms with Crippen LogP contribution < -0.4 is 0 Å². The molecule has 0 bridgehead atoms. The second kappa shape index (κ2) is 5.28. The molecule has 0 atom stereocenters. The van der Waals surface area contributed by atoms with Gasteiger partial charge in [0, 0.05) is 28.8 Å². The third-order valence-corrected chi connectivity index (χ3v) is 5.20. The maximum atomic E-state index is 5.40. The first-order valence-electron chi connectivity index (χ1n) is 7.41. The van der Waals surface area contributed by atoms with Crippen molar-refractivity contribution in [1.82, 2.24) is 20.1 Å². The van der Waals surface area contributed by atoms with Gasteiger partial charge in [0.05, 0.1) is 12.1 Å². The van der Waals surface area contributed by atoms with E-state index >= 15 is 0 Å². The maximum absolute atomic E-state index is 5.40. The first-order valence-corrected chi connectivity index (χ1v) is 8.29. The van der Waals surface area contributed by atoms with Gasteiger partial charge in [0.25, 0.3) is 0 Å². The van der Waals surface area contributed by atoms with Gasteiger partial charge in [-0.25, -0.2) is 4.98 Å². The highest BCUT2D eigenvalue weighted by Crippen LogP contribution is 2.41. The zero-order valence-electron chi connectivity index (χ0n) is 12.3. The topological polar surface area (TPSA) is 64.7 Å². The summed E-state index contributed by atoms with van der Waals surface area (Å²) in [5.74, 6) is 1.49. The molecule has 0 saturated heterocycles. The van der Waals surface area contributed by atoms with E-state index in [0.717, 1.165) is 34.9 Å². The molecule has 1 saturated carbocycles. The van der Waals surface area contributed by atoms with E-state index in [1.165, 1.54) is 6.42 Å². The fraction of sp³-hybridized carbons (Fsp3) is 0.375. The minimum atomic E-state index is 0.116. The average molecular weight is 312 g/mol. The van der Waals surface area contributed by atoms with Crippen molar-refractivity contribution in [3.8, 4) is 10.6 Å². The molecule has 0 aromatic carbocycles. The number of hydrogen-bond donors (Lipinski definition) is 0. The lowest BCUT2D eigenvalue weighted by molar-refractivity contribution is 0.245. The van der Waals surface area contributed by atoms with Crippen molar-refractivity contribution in [2.75, 3.05) is 0 Å². The van der Waals surface area contributed by atoms with Gasteiger partial charge in [-0.3, -0.25) is 4.98 Å². The van der Waals surface area contributed by atoms with Crippen LogP contribution in [0.3, 0.4) is 0 Å². The van der Waals surface area contributed by atoms with E-state index in [1.54, 1.807) is 17.5 Å². The summed E-state index contributed by atoms with van der Waals surface area (Å²) in [7, 11) is 0. The van der Waals surface area contributed by atoms with E-state index in [9.17, 15) is 0 Å². The van der Waals surface area contributed by atoms with Crippen LogP contribution in [0.25, 0.3) is 10.6 Å². The minimum absolute atomic E-state index is 0.116. The van der Waals surface area contributed by atoms with Crippen molar-refractivity contribution in [2.45, 2.75) is 38.0 Å². The molecule has 3 aromatic heterocycles. The summed E-state index contributed by atoms with van der Waals surface area (Å²) in [4.78, 5) is 13.3. The lowest BCUT2D eigenvalue weighted by Crippen LogP contribution is -2.31. The Hall–Kier alpha value is -2.08. The Balaban J connectivity index is 1.51. The highest BCUT2D eigenvalue weighted by atomic mass is 32.1. The zero-order chi connectivity index (χ0) is 15.0. The number of aromatic nitrogens is 4. The zero-order valence-corrected chi connectivity index (χ0v) is 13.1. The molecule has 0 amide bonds. The van der Waals surface area contributed by atoms with Gasteiger partial charge in [-0.2, -0.15) is 4.98 Å². The molecule has 0 radical (unpaired) electrons. The third kappa shape index (κ3) is 2.43. The van der Waals surface area contributed by atoms with Crippen LogP contribution in [-0.4, -0.2) is 20.1 Å². The van der Waals surface area contributed by atoms with Crippen molar-refractivity contribution in [1.29, 1.82) is 0 Å². The largest absolute Gasteiger partial charge is 0.339 e. The predicted molar refractivity (Wildman–Crippen MR) is 83.7 cm³/mol. The number of nitrogens with zero attached hydrogens (tertiary/aromatic N) is 4. The van der Waals surface area contributed by atoms with Crippen molar-refractivity contribution in [3.05, 3.63) is 47.3 Å². The second-order valence-corrected chi connectivity index (χ2v) is 6.85. The highest BCUT2D eigenvalue weighted by Gasteiger charge is 2.38. The minimum Gasteiger partial charge on any atom is -0.339 e. The summed E-state index contributed by atoms with van der Waals surface area (Å²) >= 11 is 1.61. The molecule has 3 aromatic rings. The van der Waals surface area contributed by atoms with E-state index < -0.39 is 0 Å². The van der Waals surface area contributed by atoms with E-state index in [-0.39, 0.29) is 5.41 Å². The summed E-state index contributed by atoms with van der Waals surface area (Å²) in [5.41, 5.74) is 2.11. The summed E-state index contributed by atoms with van der Waals surface area (Å²) < 4.78 is 5.40. The molecule has 0 spiro atoms. The van der Waals surface area contributed by atoms with Crippen LogP contribution in [0, 0.1) is 0 Å². The number of hydrogen-bond acceptors (Lipinski definition) is 6. The van der Waals surface area contributed by atoms with Crippen LogP contribution in [0.5, 0.6) is 0 Å². The molecule has 0 aliphatic heterocycles. The first kappa shape index (κ1) is 13.6. The molecule has 5 nitrogen and oxygen atoms in total. The lowest BCUT2D eigenvalue weighted by Gasteiger charge is -2.34. The summed E-state index contributed by atoms with van der Waals surface area (Å²) in [6, 6.07) is 3.93.